The molecule has 1 fully saturated rings. The Balaban J connectivity index is 1.91. The first-order valence-electron chi connectivity index (χ1n) is 8.10. The number of carbonyl (C=O) groups is 3. The number of rotatable bonds is 6. The van der Waals surface area contributed by atoms with Crippen molar-refractivity contribution < 1.29 is 19.2 Å². The molecule has 0 N–H and O–H groups in total. The quantitative estimate of drug-likeness (QED) is 0.519. The SMILES string of the molecule is CN(C(=S)S[C@](C)(C#N)CCC(=O)ON1C(=O)CCC1=O)c1ccncc1. The van der Waals surface area contributed by atoms with Crippen molar-refractivity contribution in [3.63, 3.8) is 0 Å². The van der Waals surface area contributed by atoms with E-state index in [0.29, 0.717) is 9.38 Å². The average molecular weight is 406 g/mol. The van der Waals surface area contributed by atoms with E-state index >= 15 is 0 Å². The summed E-state index contributed by atoms with van der Waals surface area (Å²) < 4.78 is -0.514. The molecule has 1 aromatic heterocycles. The molecule has 2 heterocycles. The number of hydrogen-bond acceptors (Lipinski definition) is 8. The summed E-state index contributed by atoms with van der Waals surface area (Å²) in [7, 11) is 1.78. The summed E-state index contributed by atoms with van der Waals surface area (Å²) >= 11 is 6.56. The number of hydrogen-bond donors (Lipinski definition) is 0. The first-order valence-corrected chi connectivity index (χ1v) is 9.33. The third kappa shape index (κ3) is 5.48. The summed E-state index contributed by atoms with van der Waals surface area (Å²) in [5.74, 6) is -1.81. The summed E-state index contributed by atoms with van der Waals surface area (Å²) in [6.07, 6.45) is 3.36. The van der Waals surface area contributed by atoms with E-state index in [1.54, 1.807) is 43.4 Å². The molecule has 1 saturated heterocycles. The van der Waals surface area contributed by atoms with Crippen molar-refractivity contribution in [2.24, 2.45) is 0 Å². The molecule has 1 aliphatic rings. The number of nitriles is 1. The fraction of sp³-hybridized carbons (Fsp3) is 0.412. The molecule has 142 valence electrons. The molecule has 0 bridgehead atoms. The van der Waals surface area contributed by atoms with E-state index in [0.717, 1.165) is 17.4 Å². The molecule has 0 saturated carbocycles. The van der Waals surface area contributed by atoms with E-state index in [9.17, 15) is 19.6 Å². The van der Waals surface area contributed by atoms with Crippen molar-refractivity contribution >= 4 is 51.8 Å². The molecule has 10 heteroatoms. The number of nitrogens with zero attached hydrogens (tertiary/aromatic N) is 4. The highest BCUT2D eigenvalue weighted by Crippen LogP contribution is 2.33. The van der Waals surface area contributed by atoms with Crippen LogP contribution in [0.3, 0.4) is 0 Å². The lowest BCUT2D eigenvalue weighted by Gasteiger charge is -2.26. The van der Waals surface area contributed by atoms with Gasteiger partial charge in [0, 0.05) is 38.0 Å². The molecule has 0 spiro atoms. The molecule has 1 aliphatic heterocycles. The van der Waals surface area contributed by atoms with Crippen LogP contribution in [0, 0.1) is 11.3 Å². The van der Waals surface area contributed by atoms with Gasteiger partial charge in [0.05, 0.1) is 12.5 Å². The van der Waals surface area contributed by atoms with Crippen LogP contribution in [-0.4, -0.2) is 43.9 Å². The Morgan fingerprint density at radius 1 is 1.41 bits per heavy atom. The van der Waals surface area contributed by atoms with Gasteiger partial charge in [0.1, 0.15) is 9.07 Å². The van der Waals surface area contributed by atoms with Gasteiger partial charge in [-0.1, -0.05) is 24.0 Å². The standard InChI is InChI=1S/C17H18N4O4S2/c1-17(11-18,27-16(26)20(2)12-6-9-19-10-7-12)8-5-15(24)25-21-13(22)3-4-14(21)23/h6-7,9-10H,3-5,8H2,1-2H3/t17-/m0/s1. The van der Waals surface area contributed by atoms with Gasteiger partial charge in [-0.2, -0.15) is 5.26 Å². The lowest BCUT2D eigenvalue weighted by Crippen LogP contribution is -2.33. The molecule has 1 atom stereocenters. The van der Waals surface area contributed by atoms with Crippen LogP contribution in [0.1, 0.15) is 32.6 Å². The van der Waals surface area contributed by atoms with Crippen LogP contribution in [0.5, 0.6) is 0 Å². The van der Waals surface area contributed by atoms with Gasteiger partial charge in [0.25, 0.3) is 11.8 Å². The Labute approximate surface area is 166 Å². The predicted molar refractivity (Wildman–Crippen MR) is 103 cm³/mol. The van der Waals surface area contributed by atoms with Gasteiger partial charge in [0.15, 0.2) is 0 Å². The van der Waals surface area contributed by atoms with Crippen LogP contribution >= 0.6 is 24.0 Å². The summed E-state index contributed by atoms with van der Waals surface area (Å²) in [6.45, 7) is 1.67. The largest absolute Gasteiger partial charge is 0.333 e. The van der Waals surface area contributed by atoms with Crippen molar-refractivity contribution in [3.8, 4) is 6.07 Å². The maximum absolute atomic E-state index is 12.0. The lowest BCUT2D eigenvalue weighted by molar-refractivity contribution is -0.197. The summed E-state index contributed by atoms with van der Waals surface area (Å²) in [4.78, 5) is 45.4. The van der Waals surface area contributed by atoms with E-state index in [1.165, 1.54) is 0 Å². The number of thiocarbonyl (C=S) groups is 1. The molecular formula is C17H18N4O4S2. The fourth-order valence-electron chi connectivity index (χ4n) is 2.21. The maximum atomic E-state index is 12.0. The van der Waals surface area contributed by atoms with Crippen LogP contribution in [-0.2, 0) is 19.2 Å². The molecule has 0 unspecified atom stereocenters. The van der Waals surface area contributed by atoms with Crippen molar-refractivity contribution in [1.82, 2.24) is 10.0 Å². The van der Waals surface area contributed by atoms with Gasteiger partial charge in [0.2, 0.25) is 0 Å². The number of imide groups is 1. The zero-order valence-corrected chi connectivity index (χ0v) is 16.5. The normalized spacial score (nSPS) is 15.8. The number of anilines is 1. The van der Waals surface area contributed by atoms with Gasteiger partial charge < -0.3 is 9.74 Å². The molecular weight excluding hydrogens is 388 g/mol. The molecule has 0 aliphatic carbocycles. The second-order valence-corrected chi connectivity index (χ2v) is 8.16. The number of amides is 2. The minimum atomic E-state index is -0.976. The van der Waals surface area contributed by atoms with Crippen LogP contribution in [0.2, 0.25) is 0 Å². The number of aromatic nitrogens is 1. The number of carbonyl (C=O) groups excluding carboxylic acids is 3. The Bertz CT molecular complexity index is 780. The van der Waals surface area contributed by atoms with E-state index in [2.05, 4.69) is 11.1 Å². The Kier molecular flexibility index (Phi) is 6.87. The van der Waals surface area contributed by atoms with Gasteiger partial charge in [-0.05, 0) is 25.5 Å². The maximum Gasteiger partial charge on any atom is 0.333 e. The summed E-state index contributed by atoms with van der Waals surface area (Å²) in [5.41, 5.74) is 0.827. The number of thioether (sulfide) groups is 1. The van der Waals surface area contributed by atoms with Crippen molar-refractivity contribution in [2.75, 3.05) is 11.9 Å². The Morgan fingerprint density at radius 3 is 2.56 bits per heavy atom. The minimum absolute atomic E-state index is 0.0352. The number of pyridine rings is 1. The van der Waals surface area contributed by atoms with Crippen LogP contribution in [0.4, 0.5) is 5.69 Å². The topological polar surface area (TPSA) is 104 Å². The highest BCUT2D eigenvalue weighted by atomic mass is 32.2. The van der Waals surface area contributed by atoms with Gasteiger partial charge in [-0.15, -0.1) is 5.06 Å². The van der Waals surface area contributed by atoms with Gasteiger partial charge in [-0.3, -0.25) is 14.6 Å². The first kappa shape index (κ1) is 20.8. The first-order chi connectivity index (χ1) is 12.8. The minimum Gasteiger partial charge on any atom is -0.330 e. The van der Waals surface area contributed by atoms with E-state index in [-0.39, 0.29) is 25.7 Å². The van der Waals surface area contributed by atoms with E-state index in [1.807, 2.05) is 0 Å². The monoisotopic (exact) mass is 406 g/mol. The van der Waals surface area contributed by atoms with Crippen LogP contribution < -0.4 is 4.90 Å². The smallest absolute Gasteiger partial charge is 0.330 e. The molecule has 0 aromatic carbocycles. The Hall–Kier alpha value is -2.51. The summed E-state index contributed by atoms with van der Waals surface area (Å²) in [5, 5.41) is 10.0. The third-order valence-electron chi connectivity index (χ3n) is 3.88. The Morgan fingerprint density at radius 2 is 2.00 bits per heavy atom. The van der Waals surface area contributed by atoms with Crippen molar-refractivity contribution in [1.29, 1.82) is 5.26 Å². The predicted octanol–water partition coefficient (Wildman–Crippen LogP) is 2.21. The van der Waals surface area contributed by atoms with Crippen LogP contribution in [0.25, 0.3) is 0 Å². The zero-order chi connectivity index (χ0) is 20.0. The molecule has 27 heavy (non-hydrogen) atoms. The molecule has 2 amide bonds. The fourth-order valence-corrected chi connectivity index (χ4v) is 3.74. The molecule has 1 aromatic rings. The molecule has 0 radical (unpaired) electrons. The van der Waals surface area contributed by atoms with E-state index in [4.69, 9.17) is 17.1 Å². The highest BCUT2D eigenvalue weighted by Gasteiger charge is 2.34. The second kappa shape index (κ2) is 8.92. The van der Waals surface area contributed by atoms with Crippen LogP contribution in [0.15, 0.2) is 24.5 Å². The molecule has 8 nitrogen and oxygen atoms in total. The average Bonchev–Trinajstić information content (AvgIpc) is 2.98. The third-order valence-corrected chi connectivity index (χ3v) is 5.60. The number of hydroxylamine groups is 2. The van der Waals surface area contributed by atoms with Crippen molar-refractivity contribution in [3.05, 3.63) is 24.5 Å². The van der Waals surface area contributed by atoms with E-state index < -0.39 is 22.5 Å². The second-order valence-electron chi connectivity index (χ2n) is 6.02. The highest BCUT2D eigenvalue weighted by molar-refractivity contribution is 8.24. The summed E-state index contributed by atoms with van der Waals surface area (Å²) in [6, 6.07) is 5.74. The lowest BCUT2D eigenvalue weighted by atomic mass is 10.1. The zero-order valence-electron chi connectivity index (χ0n) is 14.9. The van der Waals surface area contributed by atoms with Gasteiger partial charge >= 0.3 is 5.97 Å². The molecule has 2 rings (SSSR count). The van der Waals surface area contributed by atoms with Crippen molar-refractivity contribution in [2.45, 2.75) is 37.4 Å². The van der Waals surface area contributed by atoms with Gasteiger partial charge in [-0.25, -0.2) is 4.79 Å².